The highest BCUT2D eigenvalue weighted by molar-refractivity contribution is 5.93. The fourth-order valence-corrected chi connectivity index (χ4v) is 4.68. The van der Waals surface area contributed by atoms with Crippen LogP contribution >= 0.6 is 0 Å². The first-order valence-electron chi connectivity index (χ1n) is 13.5. The molecule has 3 N–H and O–H groups in total. The molecule has 0 bridgehead atoms. The first-order valence-corrected chi connectivity index (χ1v) is 13.5. The van der Waals surface area contributed by atoms with Crippen LogP contribution in [0.2, 0.25) is 0 Å². The van der Waals surface area contributed by atoms with Gasteiger partial charge in [0.05, 0.1) is 26.5 Å². The molecule has 0 saturated carbocycles. The second-order valence-corrected chi connectivity index (χ2v) is 10.1. The van der Waals surface area contributed by atoms with Crippen molar-refractivity contribution in [3.05, 3.63) is 59.5 Å². The van der Waals surface area contributed by atoms with Gasteiger partial charge in [-0.1, -0.05) is 5.92 Å². The van der Waals surface area contributed by atoms with Gasteiger partial charge in [-0.25, -0.2) is 14.8 Å². The molecule has 1 aliphatic rings. The molecule has 230 valence electrons. The minimum atomic E-state index is -4.63. The third-order valence-corrected chi connectivity index (χ3v) is 7.06. The second kappa shape index (κ2) is 13.8. The van der Waals surface area contributed by atoms with Crippen molar-refractivity contribution >= 4 is 29.0 Å². The molecule has 14 heteroatoms. The number of nitrogens with one attached hydrogen (secondary N) is 3. The summed E-state index contributed by atoms with van der Waals surface area (Å²) in [7, 11) is 6.02. The number of pyridine rings is 1. The average Bonchev–Trinajstić information content (AvgIpc) is 3.40. The molecule has 3 heterocycles. The summed E-state index contributed by atoms with van der Waals surface area (Å²) in [4.78, 5) is 35.4. The zero-order valence-corrected chi connectivity index (χ0v) is 24.3. The first-order chi connectivity index (χ1) is 20.5. The van der Waals surface area contributed by atoms with E-state index in [-0.39, 0.29) is 41.1 Å². The fraction of sp³-hybridized carbons (Fsp3) is 0.414. The average molecular weight is 602 g/mol. The lowest BCUT2D eigenvalue weighted by atomic mass is 10.0. The van der Waals surface area contributed by atoms with Gasteiger partial charge in [0.25, 0.3) is 5.91 Å². The highest BCUT2D eigenvalue weighted by atomic mass is 19.4. The SMILES string of the molecule is COC(=O)Nc1cc(C(NC2CCN(C)CC2)C(F)(F)F)c2nc(C#CCNc3ccc(C(=O)N(C)OC)cc3)cn2c1. The quantitative estimate of drug-likeness (QED) is 0.264. The van der Waals surface area contributed by atoms with E-state index in [4.69, 9.17) is 4.84 Å². The maximum atomic E-state index is 14.5. The molecule has 1 fully saturated rings. The number of fused-ring (bicyclic) bond motifs is 1. The number of benzene rings is 1. The molecule has 11 nitrogen and oxygen atoms in total. The van der Waals surface area contributed by atoms with E-state index in [0.717, 1.165) is 10.8 Å². The van der Waals surface area contributed by atoms with Gasteiger partial charge in [-0.3, -0.25) is 20.3 Å². The highest BCUT2D eigenvalue weighted by Gasteiger charge is 2.43. The lowest BCUT2D eigenvalue weighted by molar-refractivity contribution is -0.160. The largest absolute Gasteiger partial charge is 0.453 e. The number of alkyl halides is 3. The van der Waals surface area contributed by atoms with Crippen molar-refractivity contribution in [2.24, 2.45) is 0 Å². The van der Waals surface area contributed by atoms with E-state index in [1.807, 2.05) is 7.05 Å². The van der Waals surface area contributed by atoms with Crippen molar-refractivity contribution in [1.82, 2.24) is 24.7 Å². The molecule has 4 rings (SSSR count). The number of rotatable bonds is 8. The number of aromatic nitrogens is 2. The third-order valence-electron chi connectivity index (χ3n) is 7.06. The molecule has 43 heavy (non-hydrogen) atoms. The Morgan fingerprint density at radius 2 is 1.84 bits per heavy atom. The highest BCUT2D eigenvalue weighted by Crippen LogP contribution is 2.37. The molecule has 2 aromatic heterocycles. The van der Waals surface area contributed by atoms with Crippen LogP contribution in [0.5, 0.6) is 0 Å². The second-order valence-electron chi connectivity index (χ2n) is 10.1. The Bertz CT molecular complexity index is 1490. The van der Waals surface area contributed by atoms with Crippen molar-refractivity contribution in [1.29, 1.82) is 0 Å². The molecule has 2 amide bonds. The Morgan fingerprint density at radius 3 is 2.47 bits per heavy atom. The van der Waals surface area contributed by atoms with Crippen molar-refractivity contribution < 1.29 is 32.3 Å². The third kappa shape index (κ3) is 8.16. The van der Waals surface area contributed by atoms with Crippen LogP contribution in [0.25, 0.3) is 5.65 Å². The van der Waals surface area contributed by atoms with Gasteiger partial charge < -0.3 is 19.4 Å². The lowest BCUT2D eigenvalue weighted by Crippen LogP contribution is -2.46. The lowest BCUT2D eigenvalue weighted by Gasteiger charge is -2.33. The summed E-state index contributed by atoms with van der Waals surface area (Å²) < 4.78 is 49.5. The maximum absolute atomic E-state index is 14.5. The summed E-state index contributed by atoms with van der Waals surface area (Å²) in [6.45, 7) is 1.59. The summed E-state index contributed by atoms with van der Waals surface area (Å²) in [5.74, 6) is 5.50. The van der Waals surface area contributed by atoms with Crippen molar-refractivity contribution in [2.45, 2.75) is 31.1 Å². The Morgan fingerprint density at radius 1 is 1.14 bits per heavy atom. The topological polar surface area (TPSA) is 112 Å². The van der Waals surface area contributed by atoms with E-state index in [2.05, 4.69) is 42.4 Å². The molecule has 1 atom stereocenters. The number of hydrogen-bond acceptors (Lipinski definition) is 8. The number of halogens is 3. The molecule has 0 aliphatic carbocycles. The molecule has 1 aliphatic heterocycles. The summed E-state index contributed by atoms with van der Waals surface area (Å²) in [6, 6.07) is 5.64. The van der Waals surface area contributed by atoms with Gasteiger partial charge in [-0.15, -0.1) is 0 Å². The van der Waals surface area contributed by atoms with Crippen LogP contribution < -0.4 is 16.0 Å². The number of methoxy groups -OCH3 is 1. The number of hydroxylamine groups is 2. The maximum Gasteiger partial charge on any atom is 0.411 e. The fourth-order valence-electron chi connectivity index (χ4n) is 4.68. The first kappa shape index (κ1) is 31.6. The standard InChI is InChI=1S/C29H34F3N7O4/c1-37-14-11-21(12-15-37)34-25(29(30,31)32)24-16-23(36-28(41)42-3)18-39-17-22(35-26(24)39)6-5-13-33-20-9-7-19(8-10-20)27(40)38(2)43-4/h7-10,16-18,21,25,33-34H,11-15H2,1-4H3,(H,36,41). The number of carbonyl (C=O) groups is 2. The Hall–Kier alpha value is -4.32. The van der Waals surface area contributed by atoms with Gasteiger partial charge in [-0.05, 0) is 69.2 Å². The number of carbonyl (C=O) groups excluding carboxylic acids is 2. The predicted molar refractivity (Wildman–Crippen MR) is 155 cm³/mol. The number of likely N-dealkylation sites (tertiary alicyclic amines) is 1. The summed E-state index contributed by atoms with van der Waals surface area (Å²) in [5.41, 5.74) is 1.46. The number of imidazole rings is 1. The Balaban J connectivity index is 1.57. The molecule has 1 saturated heterocycles. The molecular weight excluding hydrogens is 567 g/mol. The van der Waals surface area contributed by atoms with Crippen LogP contribution in [0.1, 0.15) is 40.5 Å². The minimum Gasteiger partial charge on any atom is -0.453 e. The summed E-state index contributed by atoms with van der Waals surface area (Å²) in [5, 5.41) is 9.47. The molecule has 0 spiro atoms. The smallest absolute Gasteiger partial charge is 0.411 e. The van der Waals surface area contributed by atoms with Crippen LogP contribution in [-0.4, -0.2) is 91.5 Å². The zero-order valence-electron chi connectivity index (χ0n) is 24.3. The van der Waals surface area contributed by atoms with Crippen LogP contribution in [0.15, 0.2) is 42.7 Å². The number of nitrogens with zero attached hydrogens (tertiary/aromatic N) is 4. The summed E-state index contributed by atoms with van der Waals surface area (Å²) in [6.07, 6.45) is -1.34. The van der Waals surface area contributed by atoms with E-state index in [0.29, 0.717) is 31.5 Å². The van der Waals surface area contributed by atoms with Crippen LogP contribution in [-0.2, 0) is 9.57 Å². The number of hydrogen-bond donors (Lipinski definition) is 3. The molecule has 1 aromatic carbocycles. The van der Waals surface area contributed by atoms with E-state index in [1.54, 1.807) is 24.3 Å². The number of ether oxygens (including phenoxy) is 1. The van der Waals surface area contributed by atoms with Crippen molar-refractivity contribution in [2.75, 3.05) is 58.6 Å². The Kier molecular flexibility index (Phi) is 10.1. The molecular formula is C29H34F3N7O4. The Labute approximate surface area is 247 Å². The van der Waals surface area contributed by atoms with Gasteiger partial charge in [0.15, 0.2) is 0 Å². The number of amides is 2. The van der Waals surface area contributed by atoms with E-state index < -0.39 is 18.3 Å². The number of piperidine rings is 1. The van der Waals surface area contributed by atoms with Crippen LogP contribution in [0, 0.1) is 11.8 Å². The van der Waals surface area contributed by atoms with Crippen LogP contribution in [0.4, 0.5) is 29.3 Å². The van der Waals surface area contributed by atoms with Gasteiger partial charge in [0.2, 0.25) is 0 Å². The monoisotopic (exact) mass is 601 g/mol. The van der Waals surface area contributed by atoms with E-state index in [9.17, 15) is 22.8 Å². The predicted octanol–water partition coefficient (Wildman–Crippen LogP) is 3.90. The van der Waals surface area contributed by atoms with Crippen LogP contribution in [0.3, 0.4) is 0 Å². The number of anilines is 2. The van der Waals surface area contributed by atoms with E-state index in [1.165, 1.54) is 44.1 Å². The van der Waals surface area contributed by atoms with Gasteiger partial charge in [0.1, 0.15) is 17.4 Å². The molecule has 3 aromatic rings. The van der Waals surface area contributed by atoms with Crippen molar-refractivity contribution in [3.8, 4) is 11.8 Å². The summed E-state index contributed by atoms with van der Waals surface area (Å²) >= 11 is 0. The van der Waals surface area contributed by atoms with Crippen molar-refractivity contribution in [3.63, 3.8) is 0 Å². The normalized spacial score (nSPS) is 15.0. The van der Waals surface area contributed by atoms with Gasteiger partial charge >= 0.3 is 12.3 Å². The minimum absolute atomic E-state index is 0.0664. The molecule has 0 radical (unpaired) electrons. The van der Waals surface area contributed by atoms with Gasteiger partial charge in [0, 0.05) is 42.3 Å². The molecule has 1 unspecified atom stereocenters. The van der Waals surface area contributed by atoms with Gasteiger partial charge in [-0.2, -0.15) is 13.2 Å². The zero-order chi connectivity index (χ0) is 31.1. The van der Waals surface area contributed by atoms with E-state index >= 15 is 0 Å².